The highest BCUT2D eigenvalue weighted by Gasteiger charge is 2.11. The molecule has 0 atom stereocenters. The predicted octanol–water partition coefficient (Wildman–Crippen LogP) is 0.933. The van der Waals surface area contributed by atoms with Crippen LogP contribution in [0.1, 0.15) is 5.69 Å². The first-order chi connectivity index (χ1) is 8.83. The third kappa shape index (κ3) is 2.30. The molecular weight excluding hydrogens is 226 g/mol. The van der Waals surface area contributed by atoms with Crippen molar-refractivity contribution < 1.29 is 0 Å². The van der Waals surface area contributed by atoms with E-state index in [9.17, 15) is 4.79 Å². The monoisotopic (exact) mass is 243 g/mol. The van der Waals surface area contributed by atoms with Crippen LogP contribution < -0.4 is 10.7 Å². The van der Waals surface area contributed by atoms with Gasteiger partial charge in [-0.1, -0.05) is 12.1 Å². The van der Waals surface area contributed by atoms with E-state index < -0.39 is 0 Å². The van der Waals surface area contributed by atoms with Gasteiger partial charge in [-0.3, -0.25) is 9.69 Å². The van der Waals surface area contributed by atoms with Crippen LogP contribution >= 0.6 is 0 Å². The fourth-order valence-electron chi connectivity index (χ4n) is 2.45. The molecule has 2 heterocycles. The molecule has 1 aliphatic heterocycles. The van der Waals surface area contributed by atoms with Gasteiger partial charge in [-0.25, -0.2) is 0 Å². The van der Waals surface area contributed by atoms with Crippen molar-refractivity contribution in [3.63, 3.8) is 0 Å². The van der Waals surface area contributed by atoms with Crippen LogP contribution in [0.25, 0.3) is 10.9 Å². The molecule has 0 aliphatic carbocycles. The predicted molar refractivity (Wildman–Crippen MR) is 72.7 cm³/mol. The maximum atomic E-state index is 12.0. The van der Waals surface area contributed by atoms with Crippen LogP contribution in [0.5, 0.6) is 0 Å². The van der Waals surface area contributed by atoms with E-state index in [4.69, 9.17) is 0 Å². The van der Waals surface area contributed by atoms with E-state index >= 15 is 0 Å². The Morgan fingerprint density at radius 3 is 2.78 bits per heavy atom. The van der Waals surface area contributed by atoms with Crippen LogP contribution in [-0.2, 0) is 6.54 Å². The fourth-order valence-corrected chi connectivity index (χ4v) is 2.45. The Hall–Kier alpha value is -1.65. The van der Waals surface area contributed by atoms with Crippen molar-refractivity contribution in [3.8, 4) is 0 Å². The lowest BCUT2D eigenvalue weighted by atomic mass is 10.2. The molecule has 0 amide bonds. The first-order valence-corrected chi connectivity index (χ1v) is 6.37. The summed E-state index contributed by atoms with van der Waals surface area (Å²) in [6.07, 6.45) is 0. The van der Waals surface area contributed by atoms with Gasteiger partial charge in [0.1, 0.15) is 0 Å². The molecule has 1 aliphatic rings. The highest BCUT2D eigenvalue weighted by molar-refractivity contribution is 5.78. The van der Waals surface area contributed by atoms with E-state index in [1.807, 2.05) is 24.3 Å². The highest BCUT2D eigenvalue weighted by atomic mass is 16.1. The molecule has 94 valence electrons. The van der Waals surface area contributed by atoms with Gasteiger partial charge >= 0.3 is 0 Å². The van der Waals surface area contributed by atoms with Gasteiger partial charge in [0, 0.05) is 55.4 Å². The molecule has 0 spiro atoms. The molecule has 2 N–H and O–H groups in total. The SMILES string of the molecule is O=c1cc(CN2CCNCC2)[nH]c2ccccc12. The number of hydrogen-bond donors (Lipinski definition) is 2. The summed E-state index contributed by atoms with van der Waals surface area (Å²) in [6, 6.07) is 9.39. The number of para-hydroxylation sites is 1. The number of benzene rings is 1. The van der Waals surface area contributed by atoms with Gasteiger partial charge in [-0.15, -0.1) is 0 Å². The van der Waals surface area contributed by atoms with Crippen molar-refractivity contribution in [1.29, 1.82) is 0 Å². The second-order valence-electron chi connectivity index (χ2n) is 4.73. The van der Waals surface area contributed by atoms with E-state index in [1.54, 1.807) is 6.07 Å². The minimum absolute atomic E-state index is 0.106. The Balaban J connectivity index is 1.90. The first-order valence-electron chi connectivity index (χ1n) is 6.37. The molecule has 1 fully saturated rings. The number of piperazine rings is 1. The van der Waals surface area contributed by atoms with Gasteiger partial charge in [0.05, 0.1) is 0 Å². The lowest BCUT2D eigenvalue weighted by Gasteiger charge is -2.27. The van der Waals surface area contributed by atoms with Crippen LogP contribution in [-0.4, -0.2) is 36.1 Å². The molecule has 18 heavy (non-hydrogen) atoms. The van der Waals surface area contributed by atoms with Crippen LogP contribution in [0.2, 0.25) is 0 Å². The lowest BCUT2D eigenvalue weighted by molar-refractivity contribution is 0.231. The maximum Gasteiger partial charge on any atom is 0.189 e. The van der Waals surface area contributed by atoms with Crippen molar-refractivity contribution in [2.45, 2.75) is 6.54 Å². The average molecular weight is 243 g/mol. The number of nitrogens with zero attached hydrogens (tertiary/aromatic N) is 1. The van der Waals surface area contributed by atoms with E-state index in [1.165, 1.54) is 0 Å². The number of fused-ring (bicyclic) bond motifs is 1. The van der Waals surface area contributed by atoms with Gasteiger partial charge < -0.3 is 10.3 Å². The van der Waals surface area contributed by atoms with Crippen molar-refractivity contribution in [3.05, 3.63) is 46.2 Å². The summed E-state index contributed by atoms with van der Waals surface area (Å²) in [5.41, 5.74) is 2.03. The minimum Gasteiger partial charge on any atom is -0.357 e. The molecule has 2 aromatic rings. The summed E-state index contributed by atoms with van der Waals surface area (Å²) < 4.78 is 0. The summed E-state index contributed by atoms with van der Waals surface area (Å²) in [5, 5.41) is 4.09. The third-order valence-electron chi connectivity index (χ3n) is 3.40. The zero-order chi connectivity index (χ0) is 12.4. The molecule has 0 radical (unpaired) electrons. The zero-order valence-corrected chi connectivity index (χ0v) is 10.3. The summed E-state index contributed by atoms with van der Waals surface area (Å²) in [4.78, 5) is 17.7. The number of hydrogen-bond acceptors (Lipinski definition) is 3. The Bertz CT molecular complexity index is 599. The molecular formula is C14H17N3O. The average Bonchev–Trinajstić information content (AvgIpc) is 2.40. The summed E-state index contributed by atoms with van der Waals surface area (Å²) in [7, 11) is 0. The molecule has 1 saturated heterocycles. The Morgan fingerprint density at radius 2 is 1.94 bits per heavy atom. The summed E-state index contributed by atoms with van der Waals surface area (Å²) in [6.45, 7) is 4.95. The molecule has 0 unspecified atom stereocenters. The molecule has 4 heteroatoms. The molecule has 1 aromatic carbocycles. The minimum atomic E-state index is 0.106. The molecule has 3 rings (SSSR count). The van der Waals surface area contributed by atoms with Gasteiger partial charge in [-0.2, -0.15) is 0 Å². The number of aromatic nitrogens is 1. The lowest BCUT2D eigenvalue weighted by Crippen LogP contribution is -2.43. The van der Waals surface area contributed by atoms with E-state index in [-0.39, 0.29) is 5.43 Å². The Kier molecular flexibility index (Phi) is 3.13. The van der Waals surface area contributed by atoms with Gasteiger partial charge in [0.2, 0.25) is 0 Å². The number of aromatic amines is 1. The van der Waals surface area contributed by atoms with E-state index in [2.05, 4.69) is 15.2 Å². The fraction of sp³-hybridized carbons (Fsp3) is 0.357. The van der Waals surface area contributed by atoms with Crippen molar-refractivity contribution in [2.24, 2.45) is 0 Å². The largest absolute Gasteiger partial charge is 0.357 e. The smallest absolute Gasteiger partial charge is 0.189 e. The second kappa shape index (κ2) is 4.92. The quantitative estimate of drug-likeness (QED) is 0.825. The standard InChI is InChI=1S/C14H17N3O/c18-14-9-11(10-17-7-5-15-6-8-17)16-13-4-2-1-3-12(13)14/h1-4,9,15H,5-8,10H2,(H,16,18). The summed E-state index contributed by atoms with van der Waals surface area (Å²) in [5.74, 6) is 0. The first kappa shape index (κ1) is 11.4. The zero-order valence-electron chi connectivity index (χ0n) is 10.3. The van der Waals surface area contributed by atoms with Crippen LogP contribution in [0.15, 0.2) is 35.1 Å². The number of rotatable bonds is 2. The molecule has 0 saturated carbocycles. The Morgan fingerprint density at radius 1 is 1.17 bits per heavy atom. The van der Waals surface area contributed by atoms with Crippen LogP contribution in [0.3, 0.4) is 0 Å². The molecule has 4 nitrogen and oxygen atoms in total. The van der Waals surface area contributed by atoms with Gasteiger partial charge in [0.15, 0.2) is 5.43 Å². The van der Waals surface area contributed by atoms with Crippen molar-refractivity contribution in [2.75, 3.05) is 26.2 Å². The van der Waals surface area contributed by atoms with Crippen LogP contribution in [0, 0.1) is 0 Å². The highest BCUT2D eigenvalue weighted by Crippen LogP contribution is 2.09. The number of pyridine rings is 1. The molecule has 0 bridgehead atoms. The molecule has 1 aromatic heterocycles. The third-order valence-corrected chi connectivity index (χ3v) is 3.40. The maximum absolute atomic E-state index is 12.0. The van der Waals surface area contributed by atoms with Crippen molar-refractivity contribution >= 4 is 10.9 Å². The van der Waals surface area contributed by atoms with Crippen molar-refractivity contribution in [1.82, 2.24) is 15.2 Å². The van der Waals surface area contributed by atoms with Crippen LogP contribution in [0.4, 0.5) is 0 Å². The summed E-state index contributed by atoms with van der Waals surface area (Å²) >= 11 is 0. The Labute approximate surface area is 106 Å². The second-order valence-corrected chi connectivity index (χ2v) is 4.73. The van der Waals surface area contributed by atoms with E-state index in [0.29, 0.717) is 0 Å². The number of nitrogens with one attached hydrogen (secondary N) is 2. The van der Waals surface area contributed by atoms with E-state index in [0.717, 1.165) is 49.3 Å². The van der Waals surface area contributed by atoms with Gasteiger partial charge in [0.25, 0.3) is 0 Å². The number of H-pyrrole nitrogens is 1. The topological polar surface area (TPSA) is 48.1 Å². The van der Waals surface area contributed by atoms with Gasteiger partial charge in [-0.05, 0) is 12.1 Å². The normalized spacial score (nSPS) is 17.1.